The van der Waals surface area contributed by atoms with Gasteiger partial charge < -0.3 is 48.6 Å². The van der Waals surface area contributed by atoms with Crippen molar-refractivity contribution in [2.75, 3.05) is 20.7 Å². The zero-order chi connectivity index (χ0) is 40.8. The highest BCUT2D eigenvalue weighted by molar-refractivity contribution is 6.05. The van der Waals surface area contributed by atoms with Gasteiger partial charge in [0.05, 0.1) is 35.3 Å². The number of aliphatic hydroxyl groups excluding tert-OH is 2. The predicted octanol–water partition coefficient (Wildman–Crippen LogP) is 2.99. The van der Waals surface area contributed by atoms with Crippen LogP contribution >= 0.6 is 0 Å². The normalized spacial score (nSPS) is 39.9. The quantitative estimate of drug-likeness (QED) is 0.136. The Morgan fingerprint density at radius 1 is 1.09 bits per heavy atom. The van der Waals surface area contributed by atoms with Crippen molar-refractivity contribution in [3.8, 4) is 0 Å². The van der Waals surface area contributed by atoms with Crippen LogP contribution in [0.3, 0.4) is 0 Å². The summed E-state index contributed by atoms with van der Waals surface area (Å²) < 4.78 is 26.3. The van der Waals surface area contributed by atoms with Crippen LogP contribution in [0, 0.1) is 23.7 Å². The summed E-state index contributed by atoms with van der Waals surface area (Å²) in [6.07, 6.45) is 1.83. The molecule has 2 radical (unpaired) electrons. The lowest BCUT2D eigenvalue weighted by atomic mass is 9.74. The molecule has 55 heavy (non-hydrogen) atoms. The molecule has 1 saturated carbocycles. The molecule has 2 aliphatic heterocycles. The minimum atomic E-state index is -1.89. The molecule has 13 atom stereocenters. The van der Waals surface area contributed by atoms with Gasteiger partial charge in [0.25, 0.3) is 7.98 Å². The van der Waals surface area contributed by atoms with Crippen LogP contribution in [0.4, 0.5) is 0 Å². The Hall–Kier alpha value is -2.47. The molecule has 3 N–H and O–H groups in total. The number of ketones is 1. The van der Waals surface area contributed by atoms with Crippen molar-refractivity contribution in [3.05, 3.63) is 11.9 Å². The number of oxime groups is 1. The van der Waals surface area contributed by atoms with E-state index in [4.69, 9.17) is 31.8 Å². The van der Waals surface area contributed by atoms with E-state index in [2.05, 4.69) is 15.5 Å². The fraction of sp³-hybridized carbons (Fsp3) is 0.872. The second kappa shape index (κ2) is 19.3. The minimum Gasteiger partial charge on any atom is -0.459 e. The summed E-state index contributed by atoms with van der Waals surface area (Å²) in [5, 5.41) is 48.0. The lowest BCUT2D eigenvalue weighted by Gasteiger charge is -2.47. The third kappa shape index (κ3) is 10.7. The fourth-order valence-electron chi connectivity index (χ4n) is 8.73. The van der Waals surface area contributed by atoms with Crippen LogP contribution in [0.5, 0.6) is 0 Å². The first-order valence-electron chi connectivity index (χ1n) is 20.1. The molecular formula is C39H66BN5O10. The smallest absolute Gasteiger partial charge is 0.316 e. The number of methoxy groups -OCH3 is 1. The van der Waals surface area contributed by atoms with E-state index >= 15 is 0 Å². The van der Waals surface area contributed by atoms with Crippen LogP contribution in [0.25, 0.3) is 0 Å². The van der Waals surface area contributed by atoms with E-state index < -0.39 is 77.3 Å². The molecule has 3 heterocycles. The summed E-state index contributed by atoms with van der Waals surface area (Å²) >= 11 is 0. The van der Waals surface area contributed by atoms with Gasteiger partial charge >= 0.3 is 5.97 Å². The van der Waals surface area contributed by atoms with Gasteiger partial charge in [0.15, 0.2) is 12.1 Å². The fourth-order valence-corrected chi connectivity index (χ4v) is 8.73. The van der Waals surface area contributed by atoms with E-state index in [0.717, 1.165) is 36.7 Å². The average molecular weight is 776 g/mol. The Balaban J connectivity index is 1.72. The number of Topliss-reactive ketones (excluding diaryl/α,β-unsaturated/α-hetero) is 1. The SMILES string of the molecule is [B]n1cc(CCN(C)[C@H]2C[C@@H](C)O[C@@H](O[C@@H]3[C@@H](C)C(=O)[C@@H](C)C(=O)O[C@H](CC)[C@@](C)(O)[C@H](O)[C@@H](C)/C(=N\OC4CCCCC4)[C@H](C)C[C@@]3(C)OC)[C@@H]2O)nn1. The number of esters is 1. The second-order valence-corrected chi connectivity index (χ2v) is 16.8. The zero-order valence-corrected chi connectivity index (χ0v) is 34.6. The number of carbonyl (C=O) groups excluding carboxylic acids is 2. The number of hydrogen-bond donors (Lipinski definition) is 3. The van der Waals surface area contributed by atoms with E-state index in [-0.39, 0.29) is 31.1 Å². The maximum atomic E-state index is 14.3. The highest BCUT2D eigenvalue weighted by Gasteiger charge is 2.52. The third-order valence-electron chi connectivity index (χ3n) is 12.4. The lowest BCUT2D eigenvalue weighted by molar-refractivity contribution is -0.295. The highest BCUT2D eigenvalue weighted by atomic mass is 16.7. The number of ether oxygens (including phenoxy) is 4. The van der Waals surface area contributed by atoms with Crippen LogP contribution in [0.2, 0.25) is 0 Å². The maximum absolute atomic E-state index is 14.3. The number of hydrogen-bond acceptors (Lipinski definition) is 14. The molecule has 1 aromatic rings. The number of aliphatic hydroxyl groups is 3. The van der Waals surface area contributed by atoms with Gasteiger partial charge in [-0.05, 0) is 79.7 Å². The molecule has 3 fully saturated rings. The van der Waals surface area contributed by atoms with Crippen molar-refractivity contribution in [1.82, 2.24) is 19.8 Å². The van der Waals surface area contributed by atoms with Crippen LogP contribution < -0.4 is 0 Å². The summed E-state index contributed by atoms with van der Waals surface area (Å²) in [6.45, 7) is 14.3. The molecule has 16 heteroatoms. The summed E-state index contributed by atoms with van der Waals surface area (Å²) in [4.78, 5) is 36.1. The van der Waals surface area contributed by atoms with Gasteiger partial charge in [-0.15, -0.1) is 5.10 Å². The van der Waals surface area contributed by atoms with Crippen molar-refractivity contribution >= 4 is 25.4 Å². The molecule has 4 rings (SSSR count). The number of aromatic nitrogens is 3. The zero-order valence-electron chi connectivity index (χ0n) is 34.6. The second-order valence-electron chi connectivity index (χ2n) is 16.8. The Labute approximate surface area is 328 Å². The molecule has 3 aliphatic rings. The third-order valence-corrected chi connectivity index (χ3v) is 12.4. The number of cyclic esters (lactones) is 1. The Morgan fingerprint density at radius 3 is 2.36 bits per heavy atom. The highest BCUT2D eigenvalue weighted by Crippen LogP contribution is 2.39. The van der Waals surface area contributed by atoms with E-state index in [1.54, 1.807) is 27.0 Å². The van der Waals surface area contributed by atoms with Gasteiger partial charge in [0.2, 0.25) is 0 Å². The van der Waals surface area contributed by atoms with Gasteiger partial charge in [0.1, 0.15) is 29.8 Å². The van der Waals surface area contributed by atoms with Crippen molar-refractivity contribution in [2.24, 2.45) is 28.8 Å². The van der Waals surface area contributed by atoms with E-state index in [1.807, 2.05) is 32.7 Å². The molecule has 1 aromatic heterocycles. The Kier molecular flexibility index (Phi) is 15.9. The van der Waals surface area contributed by atoms with Crippen molar-refractivity contribution in [3.63, 3.8) is 0 Å². The molecule has 2 saturated heterocycles. The average Bonchev–Trinajstić information content (AvgIpc) is 3.59. The Bertz CT molecular complexity index is 1440. The van der Waals surface area contributed by atoms with E-state index in [0.29, 0.717) is 30.8 Å². The molecular weight excluding hydrogens is 709 g/mol. The lowest BCUT2D eigenvalue weighted by Crippen LogP contribution is -2.60. The first kappa shape index (κ1) is 45.2. The first-order valence-corrected chi connectivity index (χ1v) is 20.1. The molecule has 0 amide bonds. The minimum absolute atomic E-state index is 0.0765. The maximum Gasteiger partial charge on any atom is 0.316 e. The van der Waals surface area contributed by atoms with Crippen LogP contribution in [-0.4, -0.2) is 141 Å². The molecule has 15 nitrogen and oxygen atoms in total. The van der Waals surface area contributed by atoms with Gasteiger partial charge in [-0.1, -0.05) is 44.5 Å². The summed E-state index contributed by atoms with van der Waals surface area (Å²) in [7, 11) is 9.11. The molecule has 0 aromatic carbocycles. The topological polar surface area (TPSA) is 187 Å². The van der Waals surface area contributed by atoms with Gasteiger partial charge in [-0.3, -0.25) is 9.59 Å². The molecule has 0 bridgehead atoms. The van der Waals surface area contributed by atoms with Crippen molar-refractivity contribution < 1.29 is 48.7 Å². The largest absolute Gasteiger partial charge is 0.459 e. The molecule has 310 valence electrons. The number of carbonyl (C=O) groups is 2. The monoisotopic (exact) mass is 775 g/mol. The van der Waals surface area contributed by atoms with Crippen molar-refractivity contribution in [2.45, 2.75) is 173 Å². The van der Waals surface area contributed by atoms with Gasteiger partial charge in [-0.2, -0.15) is 0 Å². The molecule has 1 aliphatic carbocycles. The standard InChI is InChI=1S/C39H66BN5O10/c1-11-30-39(8,50)34(48)24(4)31(42-55-28-15-13-12-14-16-28)22(2)20-38(7,51-10)35(25(5)32(46)26(6)36(49)53-30)54-37-33(47)29(19-23(3)52-37)44(9)18-17-27-21-45(40)43-41-27/h21-26,28-30,33-35,37,47-48,50H,11-20H2,1-10H3/b42-31-/t22-,23-,24+,25+,26-,29+,30-,33-,34-,35-,37+,38-,39-/m1/s1. The van der Waals surface area contributed by atoms with Crippen molar-refractivity contribution in [1.29, 1.82) is 0 Å². The number of nitrogens with zero attached hydrogens (tertiary/aromatic N) is 5. The van der Waals surface area contributed by atoms with Gasteiger partial charge in [-0.25, -0.2) is 0 Å². The summed E-state index contributed by atoms with van der Waals surface area (Å²) in [5.41, 5.74) is -1.91. The molecule has 0 spiro atoms. The first-order chi connectivity index (χ1) is 25.8. The summed E-state index contributed by atoms with van der Waals surface area (Å²) in [5.74, 6) is -4.66. The number of likely N-dealkylation sites (N-methyl/N-ethyl adjacent to an activating group) is 1. The Morgan fingerprint density at radius 2 is 1.76 bits per heavy atom. The van der Waals surface area contributed by atoms with Crippen LogP contribution in [0.15, 0.2) is 11.4 Å². The molecule has 0 unspecified atom stereocenters. The number of rotatable bonds is 10. The van der Waals surface area contributed by atoms with E-state index in [9.17, 15) is 24.9 Å². The van der Waals surface area contributed by atoms with Gasteiger partial charge in [0, 0.05) is 50.1 Å². The summed E-state index contributed by atoms with van der Waals surface area (Å²) in [6, 6.07) is -0.371. The predicted molar refractivity (Wildman–Crippen MR) is 205 cm³/mol. The van der Waals surface area contributed by atoms with E-state index in [1.165, 1.54) is 21.0 Å². The van der Waals surface area contributed by atoms with Crippen LogP contribution in [-0.2, 0) is 39.8 Å². The van der Waals surface area contributed by atoms with Crippen LogP contribution in [0.1, 0.15) is 112 Å².